The van der Waals surface area contributed by atoms with Gasteiger partial charge in [0.15, 0.2) is 11.4 Å². The fraction of sp³-hybridized carbons (Fsp3) is 0.536. The van der Waals surface area contributed by atoms with E-state index in [0.29, 0.717) is 11.3 Å². The van der Waals surface area contributed by atoms with Gasteiger partial charge in [-0.05, 0) is 50.9 Å². The van der Waals surface area contributed by atoms with Crippen LogP contribution < -0.4 is 16.0 Å². The number of nitrogens with one attached hydrogen (secondary N) is 1. The Balaban J connectivity index is 1.91. The molecule has 0 saturated heterocycles. The normalized spacial score (nSPS) is 26.7. The lowest BCUT2D eigenvalue weighted by molar-refractivity contribution is -0.157. The van der Waals surface area contributed by atoms with Gasteiger partial charge in [0.05, 0.1) is 11.6 Å². The van der Waals surface area contributed by atoms with Gasteiger partial charge in [-0.2, -0.15) is 13.2 Å². The molecule has 0 spiro atoms. The molecule has 0 bridgehead atoms. The monoisotopic (exact) mass is 596 g/mol. The SMILES string of the molecule is CCC(NCc1cc(N(C)C)c2c(c1O)C(O)=C1C(=O)[C@]3(O)C(O)=C(C(N)=O)C(=O)C(N(C)C)[C@H]3C[C@@H]1C2)C(F)(F)F. The maximum atomic E-state index is 14.0. The van der Waals surface area contributed by atoms with Gasteiger partial charge >= 0.3 is 6.18 Å². The summed E-state index contributed by atoms with van der Waals surface area (Å²) in [4.78, 5) is 42.4. The second-order valence-corrected chi connectivity index (χ2v) is 11.5. The number of phenolic OH excluding ortho intramolecular Hbond substituents is 1. The number of aromatic hydroxyl groups is 1. The van der Waals surface area contributed by atoms with Gasteiger partial charge in [-0.25, -0.2) is 0 Å². The van der Waals surface area contributed by atoms with E-state index in [1.807, 2.05) is 0 Å². The lowest BCUT2D eigenvalue weighted by atomic mass is 9.57. The molecule has 7 N–H and O–H groups in total. The Bertz CT molecular complexity index is 1420. The lowest BCUT2D eigenvalue weighted by Gasteiger charge is -2.50. The molecule has 1 aromatic carbocycles. The molecule has 11 nitrogen and oxygen atoms in total. The van der Waals surface area contributed by atoms with Crippen LogP contribution in [0, 0.1) is 11.8 Å². The molecule has 4 rings (SSSR count). The Morgan fingerprint density at radius 3 is 2.31 bits per heavy atom. The van der Waals surface area contributed by atoms with Crippen LogP contribution in [-0.2, 0) is 27.3 Å². The molecular weight excluding hydrogens is 561 g/mol. The Morgan fingerprint density at radius 2 is 1.81 bits per heavy atom. The highest BCUT2D eigenvalue weighted by Gasteiger charge is 2.64. The molecule has 14 heteroatoms. The fourth-order valence-electron chi connectivity index (χ4n) is 6.60. The Labute approximate surface area is 240 Å². The van der Waals surface area contributed by atoms with Crippen molar-refractivity contribution in [2.45, 2.75) is 56.6 Å². The molecule has 1 amide bonds. The van der Waals surface area contributed by atoms with Crippen molar-refractivity contribution in [3.05, 3.63) is 39.7 Å². The highest BCUT2D eigenvalue weighted by Crippen LogP contribution is 2.54. The van der Waals surface area contributed by atoms with Gasteiger partial charge in [0.25, 0.3) is 5.91 Å². The van der Waals surface area contributed by atoms with Crippen molar-refractivity contribution in [2.75, 3.05) is 33.1 Å². The number of fused-ring (bicyclic) bond motifs is 3. The molecule has 1 saturated carbocycles. The van der Waals surface area contributed by atoms with Gasteiger partial charge < -0.3 is 36.4 Å². The van der Waals surface area contributed by atoms with Gasteiger partial charge in [-0.3, -0.25) is 19.3 Å². The number of primary amides is 1. The molecule has 1 aromatic rings. The second kappa shape index (κ2) is 10.6. The van der Waals surface area contributed by atoms with Gasteiger partial charge in [-0.1, -0.05) is 6.92 Å². The Kier molecular flexibility index (Phi) is 7.89. The fourth-order valence-corrected chi connectivity index (χ4v) is 6.60. The minimum absolute atomic E-state index is 0.0280. The van der Waals surface area contributed by atoms with Crippen LogP contribution in [0.15, 0.2) is 23.0 Å². The van der Waals surface area contributed by atoms with Crippen molar-refractivity contribution >= 4 is 28.9 Å². The van der Waals surface area contributed by atoms with Crippen LogP contribution >= 0.6 is 0 Å². The smallest absolute Gasteiger partial charge is 0.403 e. The summed E-state index contributed by atoms with van der Waals surface area (Å²) in [6.45, 7) is 0.946. The number of likely N-dealkylation sites (N-methyl/N-ethyl adjacent to an activating group) is 1. The number of halogens is 3. The quantitative estimate of drug-likeness (QED) is 0.253. The molecule has 3 aliphatic carbocycles. The predicted octanol–water partition coefficient (Wildman–Crippen LogP) is 1.46. The minimum Gasteiger partial charge on any atom is -0.508 e. The summed E-state index contributed by atoms with van der Waals surface area (Å²) in [5, 5.41) is 47.7. The maximum absolute atomic E-state index is 14.0. The minimum atomic E-state index is -4.54. The van der Waals surface area contributed by atoms with Crippen LogP contribution in [0.2, 0.25) is 0 Å². The zero-order valence-electron chi connectivity index (χ0n) is 23.8. The summed E-state index contributed by atoms with van der Waals surface area (Å²) < 4.78 is 40.1. The van der Waals surface area contributed by atoms with Crippen molar-refractivity contribution in [1.82, 2.24) is 10.2 Å². The number of ketones is 2. The lowest BCUT2D eigenvalue weighted by Crippen LogP contribution is -2.65. The van der Waals surface area contributed by atoms with E-state index in [0.717, 1.165) is 0 Å². The standard InChI is InChI=1S/C28H35F3N4O7/c1-6-16(28(29,30)31)33-10-12-9-15(34(2)3)13-7-11-8-14-20(35(4)5)23(38)19(26(32)41)25(40)27(14,42)24(39)17(11)22(37)18(13)21(12)36/h9,11,14,16,20,33,36-37,40,42H,6-8,10H2,1-5H3,(H2,32,41)/t11-,14+,16?,20?,27-/m0/s1. The van der Waals surface area contributed by atoms with Crippen LogP contribution in [-0.4, -0.2) is 94.9 Å². The number of hydrogen-bond donors (Lipinski definition) is 6. The Hall–Kier alpha value is -3.62. The molecule has 0 aliphatic heterocycles. The topological polar surface area (TPSA) is 177 Å². The van der Waals surface area contributed by atoms with E-state index in [4.69, 9.17) is 5.73 Å². The molecule has 2 unspecified atom stereocenters. The third kappa shape index (κ3) is 4.61. The van der Waals surface area contributed by atoms with Crippen molar-refractivity contribution in [1.29, 1.82) is 0 Å². The summed E-state index contributed by atoms with van der Waals surface area (Å²) in [7, 11) is 6.36. The maximum Gasteiger partial charge on any atom is 0.403 e. The van der Waals surface area contributed by atoms with E-state index in [1.54, 1.807) is 19.0 Å². The first-order valence-corrected chi connectivity index (χ1v) is 13.4. The number of carbonyl (C=O) groups excluding carboxylic acids is 3. The third-order valence-electron chi connectivity index (χ3n) is 8.60. The molecule has 230 valence electrons. The van der Waals surface area contributed by atoms with Crippen molar-refractivity contribution in [3.63, 3.8) is 0 Å². The van der Waals surface area contributed by atoms with Crippen LogP contribution in [0.3, 0.4) is 0 Å². The molecule has 0 heterocycles. The number of aliphatic hydroxyl groups excluding tert-OH is 2. The number of Topliss-reactive ketones (excluding diaryl/α,β-unsaturated/α-hetero) is 2. The molecule has 0 radical (unpaired) electrons. The summed E-state index contributed by atoms with van der Waals surface area (Å²) in [5.41, 5.74) is 2.02. The van der Waals surface area contributed by atoms with E-state index in [2.05, 4.69) is 5.32 Å². The second-order valence-electron chi connectivity index (χ2n) is 11.5. The number of benzene rings is 1. The number of nitrogens with two attached hydrogens (primary N) is 1. The highest BCUT2D eigenvalue weighted by atomic mass is 19.4. The number of phenols is 1. The summed E-state index contributed by atoms with van der Waals surface area (Å²) in [6, 6.07) is -1.56. The summed E-state index contributed by atoms with van der Waals surface area (Å²) >= 11 is 0. The summed E-state index contributed by atoms with van der Waals surface area (Å²) in [6.07, 6.45) is -4.82. The van der Waals surface area contributed by atoms with E-state index in [9.17, 15) is 48.0 Å². The predicted molar refractivity (Wildman–Crippen MR) is 146 cm³/mol. The van der Waals surface area contributed by atoms with Crippen molar-refractivity contribution < 1.29 is 48.0 Å². The van der Waals surface area contributed by atoms with E-state index < -0.39 is 82.6 Å². The number of carbonyl (C=O) groups is 3. The average molecular weight is 597 g/mol. The van der Waals surface area contributed by atoms with E-state index >= 15 is 0 Å². The number of rotatable bonds is 7. The zero-order chi connectivity index (χ0) is 31.6. The number of amides is 1. The third-order valence-corrected chi connectivity index (χ3v) is 8.60. The number of nitrogens with zero attached hydrogens (tertiary/aromatic N) is 2. The van der Waals surface area contributed by atoms with Crippen LogP contribution in [0.25, 0.3) is 5.76 Å². The molecule has 1 fully saturated rings. The van der Waals surface area contributed by atoms with E-state index in [1.165, 1.54) is 32.0 Å². The van der Waals surface area contributed by atoms with Gasteiger partial charge in [0.2, 0.25) is 5.78 Å². The number of hydrogen-bond acceptors (Lipinski definition) is 10. The van der Waals surface area contributed by atoms with Crippen LogP contribution in [0.1, 0.15) is 36.5 Å². The van der Waals surface area contributed by atoms with Crippen molar-refractivity contribution in [3.8, 4) is 5.75 Å². The van der Waals surface area contributed by atoms with E-state index in [-0.39, 0.29) is 36.0 Å². The molecular formula is C28H35F3N4O7. The number of aliphatic hydroxyl groups is 3. The zero-order valence-corrected chi connectivity index (χ0v) is 23.8. The largest absolute Gasteiger partial charge is 0.508 e. The molecule has 42 heavy (non-hydrogen) atoms. The van der Waals surface area contributed by atoms with Crippen molar-refractivity contribution in [2.24, 2.45) is 17.6 Å². The molecule has 3 aliphatic rings. The van der Waals surface area contributed by atoms with Gasteiger partial charge in [0, 0.05) is 43.4 Å². The van der Waals surface area contributed by atoms with Gasteiger partial charge in [0.1, 0.15) is 28.9 Å². The average Bonchev–Trinajstić information content (AvgIpc) is 2.86. The highest BCUT2D eigenvalue weighted by molar-refractivity contribution is 6.24. The Morgan fingerprint density at radius 1 is 1.19 bits per heavy atom. The first-order valence-electron chi connectivity index (χ1n) is 13.4. The van der Waals surface area contributed by atoms with Crippen LogP contribution in [0.4, 0.5) is 18.9 Å². The first kappa shape index (κ1) is 31.3. The first-order chi connectivity index (χ1) is 19.4. The molecule has 0 aromatic heterocycles. The summed E-state index contributed by atoms with van der Waals surface area (Å²) in [5.74, 6) is -7.81. The van der Waals surface area contributed by atoms with Gasteiger partial charge in [-0.15, -0.1) is 0 Å². The number of alkyl halides is 3. The number of anilines is 1. The molecule has 5 atom stereocenters. The van der Waals surface area contributed by atoms with Crippen LogP contribution in [0.5, 0.6) is 5.75 Å².